The molecule has 0 bridgehead atoms. The zero-order valence-corrected chi connectivity index (χ0v) is 6.19. The molecule has 1 saturated heterocycles. The highest BCUT2D eigenvalue weighted by molar-refractivity contribution is 4.75. The van der Waals surface area contributed by atoms with Crippen molar-refractivity contribution in [2.75, 3.05) is 13.6 Å². The second kappa shape index (κ2) is 3.28. The maximum atomic E-state index is 12.1. The molecule has 1 rings (SSSR count). The molecule has 1 aliphatic heterocycles. The molecule has 0 aliphatic carbocycles. The molecule has 0 N–H and O–H groups in total. The number of piperidine rings is 1. The largest absolute Gasteiger partial charge is 0.298 e. The molecule has 1 fully saturated rings. The lowest BCUT2D eigenvalue weighted by molar-refractivity contribution is 0.0180. The summed E-state index contributed by atoms with van der Waals surface area (Å²) in [5.74, 6) is 0. The number of likely N-dealkylation sites (tertiary alicyclic amines) is 1. The quantitative estimate of drug-likeness (QED) is 0.549. The summed E-state index contributed by atoms with van der Waals surface area (Å²) < 4.78 is 24.3. The number of hydrogen-bond donors (Lipinski definition) is 0. The standard InChI is InChI=1S/C7H13F2N/c1-10-5-3-2-4-6(10)7(8)9/h6-7H,2-5H2,1H3/t6-/m0/s1. The number of halogens is 2. The molecule has 1 nitrogen and oxygen atoms in total. The molecule has 0 aromatic rings. The first-order valence-electron chi connectivity index (χ1n) is 3.70. The first-order chi connectivity index (χ1) is 4.72. The molecule has 1 aliphatic rings. The van der Waals surface area contributed by atoms with E-state index in [2.05, 4.69) is 0 Å². The van der Waals surface area contributed by atoms with Gasteiger partial charge in [-0.3, -0.25) is 4.90 Å². The highest BCUT2D eigenvalue weighted by atomic mass is 19.3. The normalized spacial score (nSPS) is 29.4. The van der Waals surface area contributed by atoms with E-state index in [0.717, 1.165) is 19.4 Å². The lowest BCUT2D eigenvalue weighted by Gasteiger charge is -2.31. The summed E-state index contributed by atoms with van der Waals surface area (Å²) in [4.78, 5) is 1.76. The van der Waals surface area contributed by atoms with Gasteiger partial charge in [0.15, 0.2) is 0 Å². The Morgan fingerprint density at radius 3 is 2.50 bits per heavy atom. The van der Waals surface area contributed by atoms with Crippen molar-refractivity contribution in [1.29, 1.82) is 0 Å². The molecule has 0 aromatic carbocycles. The first kappa shape index (κ1) is 7.92. The lowest BCUT2D eigenvalue weighted by atomic mass is 10.0. The van der Waals surface area contributed by atoms with Gasteiger partial charge >= 0.3 is 0 Å². The van der Waals surface area contributed by atoms with E-state index in [-0.39, 0.29) is 0 Å². The van der Waals surface area contributed by atoms with Crippen LogP contribution in [0.5, 0.6) is 0 Å². The van der Waals surface area contributed by atoms with Gasteiger partial charge in [0.05, 0.1) is 6.04 Å². The number of nitrogens with zero attached hydrogens (tertiary/aromatic N) is 1. The van der Waals surface area contributed by atoms with Crippen LogP contribution >= 0.6 is 0 Å². The van der Waals surface area contributed by atoms with E-state index in [4.69, 9.17) is 0 Å². The average molecular weight is 149 g/mol. The van der Waals surface area contributed by atoms with Crippen LogP contribution in [-0.4, -0.2) is 31.0 Å². The van der Waals surface area contributed by atoms with E-state index in [1.54, 1.807) is 11.9 Å². The van der Waals surface area contributed by atoms with Crippen molar-refractivity contribution in [3.05, 3.63) is 0 Å². The predicted octanol–water partition coefficient (Wildman–Crippen LogP) is 1.74. The topological polar surface area (TPSA) is 3.24 Å². The SMILES string of the molecule is CN1CCCC[C@H]1C(F)F. The van der Waals surface area contributed by atoms with Gasteiger partial charge in [-0.1, -0.05) is 6.42 Å². The van der Waals surface area contributed by atoms with Gasteiger partial charge in [0.2, 0.25) is 0 Å². The van der Waals surface area contributed by atoms with Crippen molar-refractivity contribution >= 4 is 0 Å². The number of alkyl halides is 2. The fraction of sp³-hybridized carbons (Fsp3) is 1.00. The monoisotopic (exact) mass is 149 g/mol. The molecule has 0 saturated carbocycles. The summed E-state index contributed by atoms with van der Waals surface area (Å²) in [5.41, 5.74) is 0. The zero-order chi connectivity index (χ0) is 7.56. The van der Waals surface area contributed by atoms with E-state index in [1.165, 1.54) is 0 Å². The summed E-state index contributed by atoms with van der Waals surface area (Å²) in [6.07, 6.45) is 0.526. The van der Waals surface area contributed by atoms with E-state index in [9.17, 15) is 8.78 Å². The van der Waals surface area contributed by atoms with Crippen LogP contribution in [0.1, 0.15) is 19.3 Å². The fourth-order valence-electron chi connectivity index (χ4n) is 1.42. The summed E-state index contributed by atoms with van der Waals surface area (Å²) >= 11 is 0. The van der Waals surface area contributed by atoms with Crippen molar-refractivity contribution < 1.29 is 8.78 Å². The van der Waals surface area contributed by atoms with Crippen molar-refractivity contribution in [2.24, 2.45) is 0 Å². The zero-order valence-electron chi connectivity index (χ0n) is 6.19. The molecular weight excluding hydrogens is 136 g/mol. The summed E-state index contributed by atoms with van der Waals surface area (Å²) in [7, 11) is 1.77. The van der Waals surface area contributed by atoms with Gasteiger partial charge in [0.1, 0.15) is 0 Å². The van der Waals surface area contributed by atoms with Gasteiger partial charge in [-0.05, 0) is 26.4 Å². The van der Waals surface area contributed by atoms with Gasteiger partial charge in [0, 0.05) is 0 Å². The molecule has 0 unspecified atom stereocenters. The third kappa shape index (κ3) is 1.66. The smallest absolute Gasteiger partial charge is 0.253 e. The first-order valence-corrected chi connectivity index (χ1v) is 3.70. The van der Waals surface area contributed by atoms with Gasteiger partial charge < -0.3 is 0 Å². The minimum atomic E-state index is -2.16. The molecule has 0 radical (unpaired) electrons. The Kier molecular flexibility index (Phi) is 2.60. The van der Waals surface area contributed by atoms with E-state index in [1.807, 2.05) is 0 Å². The molecule has 1 heterocycles. The maximum absolute atomic E-state index is 12.1. The Hall–Kier alpha value is -0.180. The van der Waals surface area contributed by atoms with E-state index < -0.39 is 12.5 Å². The minimum Gasteiger partial charge on any atom is -0.298 e. The highest BCUT2D eigenvalue weighted by Gasteiger charge is 2.26. The van der Waals surface area contributed by atoms with Gasteiger partial charge in [0.25, 0.3) is 6.43 Å². The second-order valence-corrected chi connectivity index (χ2v) is 2.88. The van der Waals surface area contributed by atoms with Crippen molar-refractivity contribution in [1.82, 2.24) is 4.90 Å². The van der Waals surface area contributed by atoms with E-state index in [0.29, 0.717) is 6.42 Å². The lowest BCUT2D eigenvalue weighted by Crippen LogP contribution is -2.40. The summed E-state index contributed by atoms with van der Waals surface area (Å²) in [5, 5.41) is 0. The summed E-state index contributed by atoms with van der Waals surface area (Å²) in [6, 6.07) is -0.478. The second-order valence-electron chi connectivity index (χ2n) is 2.88. The Morgan fingerprint density at radius 1 is 1.40 bits per heavy atom. The molecule has 0 aromatic heterocycles. The Labute approximate surface area is 60.0 Å². The van der Waals surface area contributed by atoms with Crippen molar-refractivity contribution in [2.45, 2.75) is 31.7 Å². The van der Waals surface area contributed by atoms with Crippen LogP contribution in [0.25, 0.3) is 0 Å². The van der Waals surface area contributed by atoms with Crippen LogP contribution in [0.2, 0.25) is 0 Å². The Balaban J connectivity index is 2.40. The minimum absolute atomic E-state index is 0.478. The van der Waals surface area contributed by atoms with Gasteiger partial charge in [-0.15, -0.1) is 0 Å². The third-order valence-corrected chi connectivity index (χ3v) is 2.12. The fourth-order valence-corrected chi connectivity index (χ4v) is 1.42. The van der Waals surface area contributed by atoms with Crippen LogP contribution in [-0.2, 0) is 0 Å². The third-order valence-electron chi connectivity index (χ3n) is 2.12. The van der Waals surface area contributed by atoms with Crippen molar-refractivity contribution in [3.63, 3.8) is 0 Å². The number of rotatable bonds is 1. The molecule has 3 heteroatoms. The van der Waals surface area contributed by atoms with Crippen molar-refractivity contribution in [3.8, 4) is 0 Å². The van der Waals surface area contributed by atoms with Crippen LogP contribution in [0.4, 0.5) is 8.78 Å². The van der Waals surface area contributed by atoms with Gasteiger partial charge in [-0.25, -0.2) is 8.78 Å². The highest BCUT2D eigenvalue weighted by Crippen LogP contribution is 2.20. The Morgan fingerprint density at radius 2 is 2.10 bits per heavy atom. The molecule has 0 spiro atoms. The average Bonchev–Trinajstić information content (AvgIpc) is 1.88. The molecule has 0 amide bonds. The maximum Gasteiger partial charge on any atom is 0.253 e. The van der Waals surface area contributed by atoms with Crippen LogP contribution in [0.3, 0.4) is 0 Å². The summed E-state index contributed by atoms with van der Waals surface area (Å²) in [6.45, 7) is 0.828. The van der Waals surface area contributed by atoms with Crippen LogP contribution in [0.15, 0.2) is 0 Å². The molecule has 10 heavy (non-hydrogen) atoms. The van der Waals surface area contributed by atoms with Crippen LogP contribution in [0, 0.1) is 0 Å². The molecule has 1 atom stereocenters. The Bertz CT molecular complexity index is 106. The number of hydrogen-bond acceptors (Lipinski definition) is 1. The van der Waals surface area contributed by atoms with E-state index >= 15 is 0 Å². The molecule has 60 valence electrons. The van der Waals surface area contributed by atoms with Gasteiger partial charge in [-0.2, -0.15) is 0 Å². The predicted molar refractivity (Wildman–Crippen MR) is 36.3 cm³/mol. The van der Waals surface area contributed by atoms with Crippen LogP contribution < -0.4 is 0 Å². The molecular formula is C7H13F2N.